The summed E-state index contributed by atoms with van der Waals surface area (Å²) >= 11 is 2.19. The SMILES string of the molecule is Cc1c(I)ccc(C#N)c1CO. The van der Waals surface area contributed by atoms with Crippen LogP contribution in [0.1, 0.15) is 16.7 Å². The van der Waals surface area contributed by atoms with Crippen molar-refractivity contribution in [2.75, 3.05) is 0 Å². The van der Waals surface area contributed by atoms with Crippen molar-refractivity contribution in [3.05, 3.63) is 32.4 Å². The van der Waals surface area contributed by atoms with Crippen LogP contribution in [0.3, 0.4) is 0 Å². The van der Waals surface area contributed by atoms with Crippen LogP contribution in [0.25, 0.3) is 0 Å². The van der Waals surface area contributed by atoms with E-state index >= 15 is 0 Å². The fraction of sp³-hybridized carbons (Fsp3) is 0.222. The molecule has 62 valence electrons. The Labute approximate surface area is 85.0 Å². The molecule has 0 aliphatic carbocycles. The second-order valence-electron chi connectivity index (χ2n) is 2.47. The normalized spacial score (nSPS) is 9.50. The third-order valence-electron chi connectivity index (χ3n) is 1.81. The van der Waals surface area contributed by atoms with Crippen LogP contribution in [0.2, 0.25) is 0 Å². The lowest BCUT2D eigenvalue weighted by atomic mass is 10.0. The Morgan fingerprint density at radius 2 is 2.25 bits per heavy atom. The molecule has 1 rings (SSSR count). The van der Waals surface area contributed by atoms with Crippen LogP contribution in [0, 0.1) is 21.8 Å². The average molecular weight is 273 g/mol. The molecule has 0 saturated carbocycles. The number of aliphatic hydroxyl groups is 1. The first-order chi connectivity index (χ1) is 5.70. The predicted molar refractivity (Wildman–Crippen MR) is 54.5 cm³/mol. The fourth-order valence-corrected chi connectivity index (χ4v) is 1.54. The third-order valence-corrected chi connectivity index (χ3v) is 2.98. The minimum atomic E-state index is -0.0639. The van der Waals surface area contributed by atoms with E-state index in [-0.39, 0.29) is 6.61 Å². The second-order valence-corrected chi connectivity index (χ2v) is 3.63. The Balaban J connectivity index is 3.38. The van der Waals surface area contributed by atoms with Gasteiger partial charge in [0, 0.05) is 3.57 Å². The van der Waals surface area contributed by atoms with E-state index in [0.717, 1.165) is 14.7 Å². The van der Waals surface area contributed by atoms with Crippen molar-refractivity contribution in [1.82, 2.24) is 0 Å². The van der Waals surface area contributed by atoms with Gasteiger partial charge in [0.05, 0.1) is 18.2 Å². The maximum Gasteiger partial charge on any atom is 0.0995 e. The molecule has 2 nitrogen and oxygen atoms in total. The minimum absolute atomic E-state index is 0.0639. The summed E-state index contributed by atoms with van der Waals surface area (Å²) in [5.41, 5.74) is 2.30. The quantitative estimate of drug-likeness (QED) is 0.795. The zero-order valence-electron chi connectivity index (χ0n) is 6.63. The molecule has 0 aliphatic heterocycles. The average Bonchev–Trinajstić information content (AvgIpc) is 2.09. The molecule has 0 bridgehead atoms. The highest BCUT2D eigenvalue weighted by molar-refractivity contribution is 14.1. The van der Waals surface area contributed by atoms with Gasteiger partial charge in [0.15, 0.2) is 0 Å². The summed E-state index contributed by atoms with van der Waals surface area (Å²) in [6, 6.07) is 5.67. The summed E-state index contributed by atoms with van der Waals surface area (Å²) < 4.78 is 1.08. The summed E-state index contributed by atoms with van der Waals surface area (Å²) in [7, 11) is 0. The number of nitriles is 1. The van der Waals surface area contributed by atoms with Gasteiger partial charge in [-0.25, -0.2) is 0 Å². The summed E-state index contributed by atoms with van der Waals surface area (Å²) in [5.74, 6) is 0. The summed E-state index contributed by atoms with van der Waals surface area (Å²) in [6.07, 6.45) is 0. The van der Waals surface area contributed by atoms with Crippen LogP contribution in [-0.4, -0.2) is 5.11 Å². The maximum absolute atomic E-state index is 9.00. The molecule has 0 aromatic heterocycles. The highest BCUT2D eigenvalue weighted by Gasteiger charge is 2.06. The summed E-state index contributed by atoms with van der Waals surface area (Å²) in [5, 5.41) is 17.7. The first kappa shape index (κ1) is 9.49. The van der Waals surface area contributed by atoms with Crippen LogP contribution in [-0.2, 0) is 6.61 Å². The first-order valence-electron chi connectivity index (χ1n) is 3.49. The van der Waals surface area contributed by atoms with Gasteiger partial charge in [0.2, 0.25) is 0 Å². The number of halogens is 1. The minimum Gasteiger partial charge on any atom is -0.392 e. The van der Waals surface area contributed by atoms with E-state index < -0.39 is 0 Å². The Hall–Kier alpha value is -0.600. The van der Waals surface area contributed by atoms with Crippen molar-refractivity contribution < 1.29 is 5.11 Å². The van der Waals surface area contributed by atoms with Gasteiger partial charge >= 0.3 is 0 Å². The fourth-order valence-electron chi connectivity index (χ4n) is 1.04. The predicted octanol–water partition coefficient (Wildman–Crippen LogP) is 1.96. The summed E-state index contributed by atoms with van der Waals surface area (Å²) in [4.78, 5) is 0. The smallest absolute Gasteiger partial charge is 0.0995 e. The van der Waals surface area contributed by atoms with E-state index in [0.29, 0.717) is 5.56 Å². The second kappa shape index (κ2) is 3.87. The molecule has 0 heterocycles. The van der Waals surface area contributed by atoms with Crippen molar-refractivity contribution in [2.45, 2.75) is 13.5 Å². The van der Waals surface area contributed by atoms with Gasteiger partial charge < -0.3 is 5.11 Å². The first-order valence-corrected chi connectivity index (χ1v) is 4.57. The molecule has 1 N–H and O–H groups in total. The zero-order valence-corrected chi connectivity index (χ0v) is 8.79. The van der Waals surface area contributed by atoms with Gasteiger partial charge in [-0.1, -0.05) is 0 Å². The van der Waals surface area contributed by atoms with E-state index in [1.807, 2.05) is 13.0 Å². The zero-order chi connectivity index (χ0) is 9.14. The molecule has 0 radical (unpaired) electrons. The van der Waals surface area contributed by atoms with Gasteiger partial charge in [-0.05, 0) is 52.8 Å². The molecule has 0 saturated heterocycles. The van der Waals surface area contributed by atoms with E-state index in [2.05, 4.69) is 28.7 Å². The number of hydrogen-bond acceptors (Lipinski definition) is 2. The van der Waals surface area contributed by atoms with Crippen molar-refractivity contribution in [3.8, 4) is 6.07 Å². The third kappa shape index (κ3) is 1.59. The van der Waals surface area contributed by atoms with Crippen LogP contribution in [0.4, 0.5) is 0 Å². The number of rotatable bonds is 1. The van der Waals surface area contributed by atoms with E-state index in [9.17, 15) is 0 Å². The van der Waals surface area contributed by atoms with Crippen LogP contribution < -0.4 is 0 Å². The van der Waals surface area contributed by atoms with Crippen LogP contribution in [0.15, 0.2) is 12.1 Å². The molecule has 0 amide bonds. The molecule has 0 atom stereocenters. The van der Waals surface area contributed by atoms with Crippen molar-refractivity contribution in [2.24, 2.45) is 0 Å². The molecule has 12 heavy (non-hydrogen) atoms. The number of benzene rings is 1. The summed E-state index contributed by atoms with van der Waals surface area (Å²) in [6.45, 7) is 1.85. The lowest BCUT2D eigenvalue weighted by Crippen LogP contribution is -1.95. The van der Waals surface area contributed by atoms with E-state index in [1.54, 1.807) is 6.07 Å². The van der Waals surface area contributed by atoms with Gasteiger partial charge in [0.1, 0.15) is 0 Å². The number of aliphatic hydroxyl groups excluding tert-OH is 1. The molecule has 3 heteroatoms. The van der Waals surface area contributed by atoms with E-state index in [4.69, 9.17) is 10.4 Å². The number of hydrogen-bond donors (Lipinski definition) is 1. The molecule has 0 fully saturated rings. The van der Waals surface area contributed by atoms with Crippen molar-refractivity contribution >= 4 is 22.6 Å². The highest BCUT2D eigenvalue weighted by atomic mass is 127. The molecular weight excluding hydrogens is 265 g/mol. The molecule has 1 aromatic carbocycles. The molecular formula is C9H8INO. The Morgan fingerprint density at radius 3 is 2.75 bits per heavy atom. The Kier molecular flexibility index (Phi) is 3.06. The molecule has 0 unspecified atom stereocenters. The standard InChI is InChI=1S/C9H8INO/c1-6-8(5-12)7(4-11)2-3-9(6)10/h2-3,12H,5H2,1H3. The van der Waals surface area contributed by atoms with Gasteiger partial charge in [0.25, 0.3) is 0 Å². The lowest BCUT2D eigenvalue weighted by Gasteiger charge is -2.05. The maximum atomic E-state index is 9.00. The Morgan fingerprint density at radius 1 is 1.58 bits per heavy atom. The number of nitrogens with zero attached hydrogens (tertiary/aromatic N) is 1. The molecule has 0 spiro atoms. The topological polar surface area (TPSA) is 44.0 Å². The lowest BCUT2D eigenvalue weighted by molar-refractivity contribution is 0.280. The van der Waals surface area contributed by atoms with Gasteiger partial charge in [-0.3, -0.25) is 0 Å². The van der Waals surface area contributed by atoms with Crippen LogP contribution >= 0.6 is 22.6 Å². The van der Waals surface area contributed by atoms with Crippen LogP contribution in [0.5, 0.6) is 0 Å². The van der Waals surface area contributed by atoms with E-state index in [1.165, 1.54) is 0 Å². The molecule has 1 aromatic rings. The monoisotopic (exact) mass is 273 g/mol. The Bertz CT molecular complexity index is 341. The molecule has 0 aliphatic rings. The van der Waals surface area contributed by atoms with Crippen molar-refractivity contribution in [3.63, 3.8) is 0 Å². The van der Waals surface area contributed by atoms with Gasteiger partial charge in [-0.15, -0.1) is 0 Å². The highest BCUT2D eigenvalue weighted by Crippen LogP contribution is 2.19. The van der Waals surface area contributed by atoms with Gasteiger partial charge in [-0.2, -0.15) is 5.26 Å². The van der Waals surface area contributed by atoms with Crippen molar-refractivity contribution in [1.29, 1.82) is 5.26 Å². The largest absolute Gasteiger partial charge is 0.392 e.